The zero-order valence-corrected chi connectivity index (χ0v) is 17.4. The van der Waals surface area contributed by atoms with Gasteiger partial charge in [0.05, 0.1) is 6.33 Å². The van der Waals surface area contributed by atoms with Crippen molar-refractivity contribution in [3.63, 3.8) is 0 Å². The minimum atomic E-state index is 0.858. The highest BCUT2D eigenvalue weighted by Crippen LogP contribution is 2.24. The zero-order valence-electron chi connectivity index (χ0n) is 15.8. The third-order valence-corrected chi connectivity index (χ3v) is 5.57. The molecule has 0 atom stereocenters. The van der Waals surface area contributed by atoms with E-state index >= 15 is 0 Å². The van der Waals surface area contributed by atoms with Crippen molar-refractivity contribution >= 4 is 26.7 Å². The van der Waals surface area contributed by atoms with Gasteiger partial charge >= 0.3 is 0 Å². The Bertz CT molecular complexity index is 1040. The lowest BCUT2D eigenvalue weighted by Gasteiger charge is -2.15. The highest BCUT2D eigenvalue weighted by molar-refractivity contribution is 9.10. The van der Waals surface area contributed by atoms with Crippen LogP contribution < -0.4 is 5.32 Å². The number of hydrogen-bond donors (Lipinski definition) is 1. The second-order valence-corrected chi connectivity index (χ2v) is 7.98. The molecule has 0 fully saturated rings. The second-order valence-electron chi connectivity index (χ2n) is 7.06. The van der Waals surface area contributed by atoms with Gasteiger partial charge < -0.3 is 9.88 Å². The fourth-order valence-corrected chi connectivity index (χ4v) is 4.12. The Balaban J connectivity index is 1.50. The van der Waals surface area contributed by atoms with E-state index in [9.17, 15) is 0 Å². The minimum absolute atomic E-state index is 0.858. The number of hydrogen-bond acceptors (Lipinski definition) is 2. The van der Waals surface area contributed by atoms with Crippen molar-refractivity contribution in [2.45, 2.75) is 32.5 Å². The average Bonchev–Trinajstić information content (AvgIpc) is 3.23. The molecular weight excluding hydrogens is 410 g/mol. The maximum absolute atomic E-state index is 4.13. The van der Waals surface area contributed by atoms with Crippen LogP contribution in [0.2, 0.25) is 0 Å². The van der Waals surface area contributed by atoms with Gasteiger partial charge in [-0.05, 0) is 52.4 Å². The van der Waals surface area contributed by atoms with E-state index in [1.54, 1.807) is 0 Å². The monoisotopic (exact) mass is 433 g/mol. The molecule has 0 unspecified atom stereocenters. The van der Waals surface area contributed by atoms with Gasteiger partial charge in [-0.1, -0.05) is 64.5 Å². The molecule has 0 saturated carbocycles. The Morgan fingerprint density at radius 3 is 2.75 bits per heavy atom. The first-order chi connectivity index (χ1) is 13.8. The normalized spacial score (nSPS) is 11.2. The van der Waals surface area contributed by atoms with Crippen molar-refractivity contribution in [2.75, 3.05) is 0 Å². The topological polar surface area (TPSA) is 29.9 Å². The maximum Gasteiger partial charge on any atom is 0.0945 e. The molecule has 0 spiro atoms. The van der Waals surface area contributed by atoms with Crippen molar-refractivity contribution in [1.82, 2.24) is 14.9 Å². The number of aromatic nitrogens is 2. The van der Waals surface area contributed by atoms with Gasteiger partial charge in [-0.25, -0.2) is 4.98 Å². The van der Waals surface area contributed by atoms with Crippen LogP contribution in [0.25, 0.3) is 10.8 Å². The van der Waals surface area contributed by atoms with Crippen LogP contribution in [0.4, 0.5) is 0 Å². The molecule has 28 heavy (non-hydrogen) atoms. The van der Waals surface area contributed by atoms with Crippen LogP contribution >= 0.6 is 15.9 Å². The van der Waals surface area contributed by atoms with Gasteiger partial charge in [0, 0.05) is 36.5 Å². The molecule has 4 aromatic rings. The Hall–Kier alpha value is -2.43. The molecule has 0 saturated heterocycles. The highest BCUT2D eigenvalue weighted by Gasteiger charge is 2.08. The molecule has 1 aromatic heterocycles. The van der Waals surface area contributed by atoms with Gasteiger partial charge in [-0.15, -0.1) is 0 Å². The third kappa shape index (κ3) is 4.70. The number of imidazole rings is 1. The first kappa shape index (κ1) is 18.9. The first-order valence-electron chi connectivity index (χ1n) is 9.70. The fourth-order valence-electron chi connectivity index (χ4n) is 3.67. The Labute approximate surface area is 174 Å². The molecule has 0 amide bonds. The smallest absolute Gasteiger partial charge is 0.0945 e. The van der Waals surface area contributed by atoms with Crippen molar-refractivity contribution in [3.05, 3.63) is 101 Å². The number of rotatable bonds is 8. The van der Waals surface area contributed by atoms with Crippen molar-refractivity contribution in [3.8, 4) is 0 Å². The van der Waals surface area contributed by atoms with Crippen LogP contribution in [0.1, 0.15) is 23.1 Å². The molecule has 4 rings (SSSR count). The number of aryl methyl sites for hydroxylation is 2. The molecule has 0 aliphatic carbocycles. The van der Waals surface area contributed by atoms with Gasteiger partial charge in [0.2, 0.25) is 0 Å². The summed E-state index contributed by atoms with van der Waals surface area (Å²) in [5, 5.41) is 6.30. The van der Waals surface area contributed by atoms with Crippen LogP contribution in [-0.4, -0.2) is 9.55 Å². The predicted octanol–water partition coefficient (Wildman–Crippen LogP) is 5.72. The van der Waals surface area contributed by atoms with Gasteiger partial charge in [-0.2, -0.15) is 0 Å². The quantitative estimate of drug-likeness (QED) is 0.384. The standard InChI is InChI=1S/C24H24BrN3/c25-22-8-3-5-19(15-22)16-27-17-24-21(7-4-13-28-14-12-26-18-28)11-10-20-6-1-2-9-23(20)24/h1-3,5-6,8-12,14-15,18,27H,4,7,13,16-17H2. The molecule has 1 N–H and O–H groups in total. The van der Waals surface area contributed by atoms with E-state index in [-0.39, 0.29) is 0 Å². The van der Waals surface area contributed by atoms with Crippen LogP contribution in [0.15, 0.2) is 83.9 Å². The Morgan fingerprint density at radius 2 is 1.89 bits per heavy atom. The molecule has 4 heteroatoms. The van der Waals surface area contributed by atoms with E-state index in [0.717, 1.165) is 36.9 Å². The van der Waals surface area contributed by atoms with Crippen molar-refractivity contribution in [2.24, 2.45) is 0 Å². The van der Waals surface area contributed by atoms with Crippen molar-refractivity contribution in [1.29, 1.82) is 0 Å². The average molecular weight is 434 g/mol. The molecule has 0 aliphatic rings. The van der Waals surface area contributed by atoms with Crippen LogP contribution in [0, 0.1) is 0 Å². The third-order valence-electron chi connectivity index (χ3n) is 5.08. The summed E-state index contributed by atoms with van der Waals surface area (Å²) in [4.78, 5) is 4.13. The SMILES string of the molecule is Brc1cccc(CNCc2c(CCCn3ccnc3)ccc3ccccc23)c1. The summed E-state index contributed by atoms with van der Waals surface area (Å²) in [6, 6.07) is 21.7. The zero-order chi connectivity index (χ0) is 19.2. The van der Waals surface area contributed by atoms with Crippen LogP contribution in [0.5, 0.6) is 0 Å². The summed E-state index contributed by atoms with van der Waals surface area (Å²) in [5.74, 6) is 0. The minimum Gasteiger partial charge on any atom is -0.337 e. The molecule has 1 heterocycles. The molecule has 0 aliphatic heterocycles. The lowest BCUT2D eigenvalue weighted by molar-refractivity contribution is 0.634. The van der Waals surface area contributed by atoms with Crippen LogP contribution in [-0.2, 0) is 26.1 Å². The molecule has 0 bridgehead atoms. The van der Waals surface area contributed by atoms with Gasteiger partial charge in [-0.3, -0.25) is 0 Å². The summed E-state index contributed by atoms with van der Waals surface area (Å²) in [6.07, 6.45) is 7.93. The van der Waals surface area contributed by atoms with E-state index in [1.807, 2.05) is 18.7 Å². The number of halogens is 1. The molecule has 142 valence electrons. The number of nitrogens with one attached hydrogen (secondary N) is 1. The summed E-state index contributed by atoms with van der Waals surface area (Å²) in [6.45, 7) is 2.73. The molecule has 3 nitrogen and oxygen atoms in total. The number of benzene rings is 3. The van der Waals surface area contributed by atoms with E-state index in [1.165, 1.54) is 27.5 Å². The second kappa shape index (κ2) is 9.18. The van der Waals surface area contributed by atoms with E-state index in [4.69, 9.17) is 0 Å². The Morgan fingerprint density at radius 1 is 0.964 bits per heavy atom. The summed E-state index contributed by atoms with van der Waals surface area (Å²) >= 11 is 3.55. The molecule has 0 radical (unpaired) electrons. The highest BCUT2D eigenvalue weighted by atomic mass is 79.9. The maximum atomic E-state index is 4.13. The fraction of sp³-hybridized carbons (Fsp3) is 0.208. The summed E-state index contributed by atoms with van der Waals surface area (Å²) < 4.78 is 3.27. The largest absolute Gasteiger partial charge is 0.337 e. The van der Waals surface area contributed by atoms with Gasteiger partial charge in [0.25, 0.3) is 0 Å². The summed E-state index contributed by atoms with van der Waals surface area (Å²) in [7, 11) is 0. The van der Waals surface area contributed by atoms with E-state index < -0.39 is 0 Å². The van der Waals surface area contributed by atoms with E-state index in [2.05, 4.69) is 91.5 Å². The first-order valence-corrected chi connectivity index (χ1v) is 10.5. The molecule has 3 aromatic carbocycles. The lowest BCUT2D eigenvalue weighted by Crippen LogP contribution is -2.14. The van der Waals surface area contributed by atoms with E-state index in [0.29, 0.717) is 0 Å². The Kier molecular flexibility index (Phi) is 6.20. The molecular formula is C24H24BrN3. The summed E-state index contributed by atoms with van der Waals surface area (Å²) in [5.41, 5.74) is 4.13. The predicted molar refractivity (Wildman–Crippen MR) is 119 cm³/mol. The van der Waals surface area contributed by atoms with Gasteiger partial charge in [0.1, 0.15) is 0 Å². The van der Waals surface area contributed by atoms with Gasteiger partial charge in [0.15, 0.2) is 0 Å². The lowest BCUT2D eigenvalue weighted by atomic mass is 9.96. The number of fused-ring (bicyclic) bond motifs is 1. The van der Waals surface area contributed by atoms with Crippen molar-refractivity contribution < 1.29 is 0 Å². The number of nitrogens with zero attached hydrogens (tertiary/aromatic N) is 2. The van der Waals surface area contributed by atoms with Crippen LogP contribution in [0.3, 0.4) is 0 Å².